The maximum absolute atomic E-state index is 12.6. The molecule has 0 radical (unpaired) electrons. The summed E-state index contributed by atoms with van der Waals surface area (Å²) in [7, 11) is 1.65. The van der Waals surface area contributed by atoms with Gasteiger partial charge in [-0.25, -0.2) is 0 Å². The highest BCUT2D eigenvalue weighted by Gasteiger charge is 2.30. The number of alkyl halides is 3. The van der Waals surface area contributed by atoms with Crippen molar-refractivity contribution in [3.8, 4) is 11.3 Å². The second-order valence-corrected chi connectivity index (χ2v) is 3.79. The Labute approximate surface area is 101 Å². The molecule has 7 heteroatoms. The average Bonchev–Trinajstić information content (AvgIpc) is 2.69. The van der Waals surface area contributed by atoms with Crippen LogP contribution in [0.25, 0.3) is 11.3 Å². The fraction of sp³-hybridized carbons (Fsp3) is 0.273. The van der Waals surface area contributed by atoms with Crippen LogP contribution in [0.2, 0.25) is 0 Å². The quantitative estimate of drug-likeness (QED) is 0.893. The van der Waals surface area contributed by atoms with Gasteiger partial charge in [-0.05, 0) is 12.1 Å². The first-order valence-electron chi connectivity index (χ1n) is 5.19. The molecule has 0 amide bonds. The van der Waals surface area contributed by atoms with Crippen molar-refractivity contribution in [2.75, 3.05) is 0 Å². The van der Waals surface area contributed by atoms with E-state index in [0.29, 0.717) is 17.0 Å². The number of aryl methyl sites for hydroxylation is 1. The van der Waals surface area contributed by atoms with Gasteiger partial charge in [0.2, 0.25) is 0 Å². The zero-order valence-corrected chi connectivity index (χ0v) is 9.57. The van der Waals surface area contributed by atoms with Crippen molar-refractivity contribution >= 4 is 0 Å². The minimum atomic E-state index is -4.37. The molecule has 0 aliphatic carbocycles. The van der Waals surface area contributed by atoms with Gasteiger partial charge >= 0.3 is 6.18 Å². The van der Waals surface area contributed by atoms with E-state index in [9.17, 15) is 13.2 Å². The Morgan fingerprint density at radius 2 is 2.06 bits per heavy atom. The topological polar surface area (TPSA) is 56.7 Å². The van der Waals surface area contributed by atoms with Crippen LogP contribution < -0.4 is 5.73 Å². The molecule has 1 aromatic carbocycles. The van der Waals surface area contributed by atoms with E-state index in [4.69, 9.17) is 5.73 Å². The van der Waals surface area contributed by atoms with E-state index in [1.165, 1.54) is 10.7 Å². The second kappa shape index (κ2) is 4.41. The molecule has 0 spiro atoms. The van der Waals surface area contributed by atoms with Gasteiger partial charge in [0.1, 0.15) is 5.69 Å². The van der Waals surface area contributed by atoms with Crippen molar-refractivity contribution in [1.29, 1.82) is 0 Å². The summed E-state index contributed by atoms with van der Waals surface area (Å²) in [5.74, 6) is 0. The highest BCUT2D eigenvalue weighted by atomic mass is 19.4. The van der Waals surface area contributed by atoms with Crippen LogP contribution in [0.3, 0.4) is 0 Å². The molecule has 0 atom stereocenters. The summed E-state index contributed by atoms with van der Waals surface area (Å²) < 4.78 is 39.3. The van der Waals surface area contributed by atoms with Gasteiger partial charge in [-0.3, -0.25) is 4.68 Å². The maximum Gasteiger partial charge on any atom is 0.416 e. The van der Waals surface area contributed by atoms with Crippen molar-refractivity contribution in [3.63, 3.8) is 0 Å². The summed E-state index contributed by atoms with van der Waals surface area (Å²) in [5, 5.41) is 7.61. The SMILES string of the molecule is Cn1nnc(-c2cccc(C(F)(F)F)c2)c1CN. The van der Waals surface area contributed by atoms with Crippen molar-refractivity contribution in [1.82, 2.24) is 15.0 Å². The highest BCUT2D eigenvalue weighted by Crippen LogP contribution is 2.32. The lowest BCUT2D eigenvalue weighted by atomic mass is 10.1. The van der Waals surface area contributed by atoms with Gasteiger partial charge in [-0.2, -0.15) is 13.2 Å². The largest absolute Gasteiger partial charge is 0.416 e. The van der Waals surface area contributed by atoms with Crippen LogP contribution in [0, 0.1) is 0 Å². The van der Waals surface area contributed by atoms with Gasteiger partial charge in [0.25, 0.3) is 0 Å². The smallest absolute Gasteiger partial charge is 0.325 e. The molecule has 2 rings (SSSR count). The van der Waals surface area contributed by atoms with Gasteiger partial charge in [-0.1, -0.05) is 17.3 Å². The molecule has 0 aliphatic heterocycles. The summed E-state index contributed by atoms with van der Waals surface area (Å²) >= 11 is 0. The molecule has 0 bridgehead atoms. The number of hydrogen-bond donors (Lipinski definition) is 1. The zero-order valence-electron chi connectivity index (χ0n) is 9.57. The normalized spacial score (nSPS) is 11.8. The lowest BCUT2D eigenvalue weighted by Gasteiger charge is -2.08. The van der Waals surface area contributed by atoms with Crippen molar-refractivity contribution in [3.05, 3.63) is 35.5 Å². The molecule has 0 saturated carbocycles. The van der Waals surface area contributed by atoms with Crippen LogP contribution in [0.5, 0.6) is 0 Å². The summed E-state index contributed by atoms with van der Waals surface area (Å²) in [6, 6.07) is 4.96. The van der Waals surface area contributed by atoms with E-state index in [-0.39, 0.29) is 6.54 Å². The first-order chi connectivity index (χ1) is 8.43. The van der Waals surface area contributed by atoms with Crippen molar-refractivity contribution in [2.24, 2.45) is 12.8 Å². The molecule has 1 aromatic heterocycles. The van der Waals surface area contributed by atoms with E-state index in [0.717, 1.165) is 12.1 Å². The van der Waals surface area contributed by atoms with Crippen LogP contribution in [0.15, 0.2) is 24.3 Å². The molecular formula is C11H11F3N4. The molecule has 4 nitrogen and oxygen atoms in total. The molecule has 0 fully saturated rings. The molecule has 2 aromatic rings. The Kier molecular flexibility index (Phi) is 3.08. The van der Waals surface area contributed by atoms with Gasteiger partial charge in [-0.15, -0.1) is 5.10 Å². The monoisotopic (exact) mass is 256 g/mol. The van der Waals surface area contributed by atoms with Crippen molar-refractivity contribution in [2.45, 2.75) is 12.7 Å². The molecule has 18 heavy (non-hydrogen) atoms. The third-order valence-electron chi connectivity index (χ3n) is 2.60. The molecule has 2 N–H and O–H groups in total. The van der Waals surface area contributed by atoms with Gasteiger partial charge < -0.3 is 5.73 Å². The Balaban J connectivity index is 2.51. The van der Waals surface area contributed by atoms with Crippen LogP contribution in [0.1, 0.15) is 11.3 Å². The first-order valence-corrected chi connectivity index (χ1v) is 5.19. The number of nitrogens with two attached hydrogens (primary N) is 1. The van der Waals surface area contributed by atoms with Crippen molar-refractivity contribution < 1.29 is 13.2 Å². The first kappa shape index (κ1) is 12.6. The van der Waals surface area contributed by atoms with E-state index in [1.807, 2.05) is 0 Å². The Bertz CT molecular complexity index is 560. The Hall–Kier alpha value is -1.89. The third-order valence-corrected chi connectivity index (χ3v) is 2.60. The fourth-order valence-electron chi connectivity index (χ4n) is 1.67. The van der Waals surface area contributed by atoms with Crippen LogP contribution in [0.4, 0.5) is 13.2 Å². The number of aromatic nitrogens is 3. The van der Waals surface area contributed by atoms with E-state index < -0.39 is 11.7 Å². The highest BCUT2D eigenvalue weighted by molar-refractivity contribution is 5.62. The maximum atomic E-state index is 12.6. The van der Waals surface area contributed by atoms with Crippen LogP contribution in [-0.4, -0.2) is 15.0 Å². The predicted molar refractivity (Wildman–Crippen MR) is 59.3 cm³/mol. The molecule has 1 heterocycles. The number of nitrogens with zero attached hydrogens (tertiary/aromatic N) is 3. The van der Waals surface area contributed by atoms with Crippen LogP contribution in [-0.2, 0) is 19.8 Å². The molecule has 96 valence electrons. The number of hydrogen-bond acceptors (Lipinski definition) is 3. The van der Waals surface area contributed by atoms with Gasteiger partial charge in [0.05, 0.1) is 11.3 Å². The number of rotatable bonds is 2. The lowest BCUT2D eigenvalue weighted by molar-refractivity contribution is -0.137. The lowest BCUT2D eigenvalue weighted by Crippen LogP contribution is -2.06. The summed E-state index contributed by atoms with van der Waals surface area (Å²) in [6.45, 7) is 0.162. The summed E-state index contributed by atoms with van der Waals surface area (Å²) in [6.07, 6.45) is -4.37. The van der Waals surface area contributed by atoms with E-state index >= 15 is 0 Å². The Morgan fingerprint density at radius 3 is 2.67 bits per heavy atom. The number of halogens is 3. The predicted octanol–water partition coefficient (Wildman–Crippen LogP) is 1.96. The molecule has 0 saturated heterocycles. The summed E-state index contributed by atoms with van der Waals surface area (Å²) in [5.41, 5.74) is 6.15. The minimum absolute atomic E-state index is 0.162. The van der Waals surface area contributed by atoms with Gasteiger partial charge in [0, 0.05) is 19.2 Å². The average molecular weight is 256 g/mol. The summed E-state index contributed by atoms with van der Waals surface area (Å²) in [4.78, 5) is 0. The fourth-order valence-corrected chi connectivity index (χ4v) is 1.67. The second-order valence-electron chi connectivity index (χ2n) is 3.79. The zero-order chi connectivity index (χ0) is 13.3. The standard InChI is InChI=1S/C11H11F3N4/c1-18-9(6-15)10(16-17-18)7-3-2-4-8(5-7)11(12,13)14/h2-5H,6,15H2,1H3. The third kappa shape index (κ3) is 2.21. The minimum Gasteiger partial charge on any atom is -0.325 e. The molecular weight excluding hydrogens is 245 g/mol. The van der Waals surface area contributed by atoms with E-state index in [1.54, 1.807) is 13.1 Å². The van der Waals surface area contributed by atoms with Gasteiger partial charge in [0.15, 0.2) is 0 Å². The van der Waals surface area contributed by atoms with Crippen LogP contribution >= 0.6 is 0 Å². The number of benzene rings is 1. The molecule has 0 aliphatic rings. The molecule has 0 unspecified atom stereocenters. The Morgan fingerprint density at radius 1 is 1.33 bits per heavy atom. The van der Waals surface area contributed by atoms with E-state index in [2.05, 4.69) is 10.3 Å².